The van der Waals surface area contributed by atoms with E-state index in [4.69, 9.17) is 9.47 Å². The number of morpholine rings is 1. The molecule has 1 saturated heterocycles. The van der Waals surface area contributed by atoms with Gasteiger partial charge in [-0.15, -0.1) is 0 Å². The summed E-state index contributed by atoms with van der Waals surface area (Å²) in [6.07, 6.45) is -0.0617. The molecule has 2 aromatic carbocycles. The van der Waals surface area contributed by atoms with E-state index < -0.39 is 6.04 Å². The zero-order valence-electron chi connectivity index (χ0n) is 17.7. The summed E-state index contributed by atoms with van der Waals surface area (Å²) in [5.74, 6) is -0.529. The highest BCUT2D eigenvalue weighted by atomic mass is 16.6. The van der Waals surface area contributed by atoms with E-state index in [1.54, 1.807) is 0 Å². The minimum absolute atomic E-state index is 0.0864. The van der Waals surface area contributed by atoms with E-state index in [2.05, 4.69) is 22.3 Å². The standard InChI is InChI=1S/C24H30N2O4/c1-18-8-10-21(11-9-18)23(25-19(2)27)14-24(28)30-17-22-16-26(12-13-29-22)15-20-6-4-3-5-7-20/h3-11,22-23H,12-17H2,1-2H3,(H,25,27). The van der Waals surface area contributed by atoms with Crippen LogP contribution in [0, 0.1) is 6.92 Å². The molecule has 2 unspecified atom stereocenters. The van der Waals surface area contributed by atoms with E-state index in [1.807, 2.05) is 49.4 Å². The van der Waals surface area contributed by atoms with Crippen LogP contribution in [0.15, 0.2) is 54.6 Å². The van der Waals surface area contributed by atoms with Gasteiger partial charge in [0.1, 0.15) is 12.7 Å². The predicted octanol–water partition coefficient (Wildman–Crippen LogP) is 3.01. The molecular formula is C24H30N2O4. The van der Waals surface area contributed by atoms with E-state index in [0.717, 1.165) is 30.8 Å². The van der Waals surface area contributed by atoms with Crippen LogP contribution in [0.25, 0.3) is 0 Å². The van der Waals surface area contributed by atoms with E-state index in [9.17, 15) is 9.59 Å². The van der Waals surface area contributed by atoms with Crippen molar-refractivity contribution in [2.45, 2.75) is 39.0 Å². The lowest BCUT2D eigenvalue weighted by atomic mass is 10.0. The highest BCUT2D eigenvalue weighted by Gasteiger charge is 2.23. The van der Waals surface area contributed by atoms with Crippen LogP contribution in [-0.2, 0) is 25.6 Å². The number of carbonyl (C=O) groups excluding carboxylic acids is 2. The van der Waals surface area contributed by atoms with Gasteiger partial charge in [0.15, 0.2) is 0 Å². The highest BCUT2D eigenvalue weighted by Crippen LogP contribution is 2.19. The van der Waals surface area contributed by atoms with Gasteiger partial charge < -0.3 is 14.8 Å². The van der Waals surface area contributed by atoms with Crippen molar-refractivity contribution in [3.8, 4) is 0 Å². The summed E-state index contributed by atoms with van der Waals surface area (Å²) < 4.78 is 11.3. The van der Waals surface area contributed by atoms with Gasteiger partial charge in [0, 0.05) is 26.6 Å². The summed E-state index contributed by atoms with van der Waals surface area (Å²) in [5.41, 5.74) is 3.26. The van der Waals surface area contributed by atoms with Crippen LogP contribution >= 0.6 is 0 Å². The first-order chi connectivity index (χ1) is 14.5. The second-order valence-electron chi connectivity index (χ2n) is 7.76. The van der Waals surface area contributed by atoms with Crippen molar-refractivity contribution >= 4 is 11.9 Å². The molecule has 1 fully saturated rings. The van der Waals surface area contributed by atoms with Gasteiger partial charge in [-0.1, -0.05) is 60.2 Å². The summed E-state index contributed by atoms with van der Waals surface area (Å²) in [5, 5.41) is 2.84. The zero-order chi connectivity index (χ0) is 21.3. The first kappa shape index (κ1) is 22.0. The smallest absolute Gasteiger partial charge is 0.308 e. The Morgan fingerprint density at radius 2 is 1.90 bits per heavy atom. The highest BCUT2D eigenvalue weighted by molar-refractivity contribution is 5.76. The maximum atomic E-state index is 12.4. The third kappa shape index (κ3) is 6.97. The van der Waals surface area contributed by atoms with Crippen molar-refractivity contribution < 1.29 is 19.1 Å². The molecule has 1 N–H and O–H groups in total. The van der Waals surface area contributed by atoms with E-state index in [-0.39, 0.29) is 31.0 Å². The van der Waals surface area contributed by atoms with Crippen LogP contribution in [0.2, 0.25) is 0 Å². The lowest BCUT2D eigenvalue weighted by Crippen LogP contribution is -2.44. The van der Waals surface area contributed by atoms with E-state index in [0.29, 0.717) is 6.61 Å². The SMILES string of the molecule is CC(=O)NC(CC(=O)OCC1CN(Cc2ccccc2)CCO1)c1ccc(C)cc1. The Labute approximate surface area is 178 Å². The molecule has 1 heterocycles. The minimum Gasteiger partial charge on any atom is -0.463 e. The normalized spacial score (nSPS) is 17.9. The molecule has 2 atom stereocenters. The molecule has 1 aliphatic rings. The van der Waals surface area contributed by atoms with Crippen molar-refractivity contribution in [2.75, 3.05) is 26.3 Å². The van der Waals surface area contributed by atoms with Crippen LogP contribution < -0.4 is 5.32 Å². The molecule has 0 saturated carbocycles. The first-order valence-corrected chi connectivity index (χ1v) is 10.4. The Bertz CT molecular complexity index is 823. The third-order valence-electron chi connectivity index (χ3n) is 5.13. The fourth-order valence-electron chi connectivity index (χ4n) is 3.57. The quantitative estimate of drug-likeness (QED) is 0.678. The summed E-state index contributed by atoms with van der Waals surface area (Å²) >= 11 is 0. The lowest BCUT2D eigenvalue weighted by molar-refractivity contribution is -0.151. The number of ether oxygens (including phenoxy) is 2. The minimum atomic E-state index is -0.405. The van der Waals surface area contributed by atoms with Gasteiger partial charge in [0.05, 0.1) is 19.1 Å². The number of aryl methyl sites for hydroxylation is 1. The average Bonchev–Trinajstić information content (AvgIpc) is 2.73. The first-order valence-electron chi connectivity index (χ1n) is 10.4. The molecule has 0 radical (unpaired) electrons. The molecule has 6 heteroatoms. The number of nitrogens with one attached hydrogen (secondary N) is 1. The number of nitrogens with zero attached hydrogens (tertiary/aromatic N) is 1. The molecule has 0 aromatic heterocycles. The number of rotatable bonds is 8. The lowest BCUT2D eigenvalue weighted by Gasteiger charge is -2.32. The largest absolute Gasteiger partial charge is 0.463 e. The van der Waals surface area contributed by atoms with Crippen molar-refractivity contribution in [2.24, 2.45) is 0 Å². The number of hydrogen-bond donors (Lipinski definition) is 1. The molecule has 6 nitrogen and oxygen atoms in total. The Hall–Kier alpha value is -2.70. The molecule has 2 aromatic rings. The Morgan fingerprint density at radius 3 is 2.60 bits per heavy atom. The molecule has 0 bridgehead atoms. The summed E-state index contributed by atoms with van der Waals surface area (Å²) in [7, 11) is 0. The van der Waals surface area contributed by atoms with Crippen LogP contribution in [-0.4, -0.2) is 49.2 Å². The van der Waals surface area contributed by atoms with Crippen molar-refractivity contribution in [3.05, 3.63) is 71.3 Å². The number of hydrogen-bond acceptors (Lipinski definition) is 5. The van der Waals surface area contributed by atoms with Gasteiger partial charge >= 0.3 is 5.97 Å². The number of carbonyl (C=O) groups is 2. The number of esters is 1. The zero-order valence-corrected chi connectivity index (χ0v) is 17.7. The molecule has 30 heavy (non-hydrogen) atoms. The number of amides is 1. The van der Waals surface area contributed by atoms with Gasteiger partial charge in [-0.2, -0.15) is 0 Å². The van der Waals surface area contributed by atoms with Gasteiger partial charge in [0.25, 0.3) is 0 Å². The Balaban J connectivity index is 1.49. The second-order valence-corrected chi connectivity index (χ2v) is 7.76. The van der Waals surface area contributed by atoms with Gasteiger partial charge in [-0.3, -0.25) is 14.5 Å². The topological polar surface area (TPSA) is 67.9 Å². The molecule has 0 spiro atoms. The molecule has 160 valence electrons. The maximum Gasteiger partial charge on any atom is 0.308 e. The summed E-state index contributed by atoms with van der Waals surface area (Å²) in [6.45, 7) is 6.71. The monoisotopic (exact) mass is 410 g/mol. The predicted molar refractivity (Wildman–Crippen MR) is 115 cm³/mol. The molecule has 3 rings (SSSR count). The summed E-state index contributed by atoms with van der Waals surface area (Å²) in [6, 6.07) is 17.7. The average molecular weight is 411 g/mol. The van der Waals surface area contributed by atoms with Crippen LogP contribution in [0.5, 0.6) is 0 Å². The Kier molecular flexibility index (Phi) is 7.99. The summed E-state index contributed by atoms with van der Waals surface area (Å²) in [4.78, 5) is 26.3. The molecular weight excluding hydrogens is 380 g/mol. The van der Waals surface area contributed by atoms with Crippen molar-refractivity contribution in [3.63, 3.8) is 0 Å². The number of benzene rings is 2. The molecule has 1 amide bonds. The Morgan fingerprint density at radius 1 is 1.17 bits per heavy atom. The fraction of sp³-hybridized carbons (Fsp3) is 0.417. The van der Waals surface area contributed by atoms with Crippen molar-refractivity contribution in [1.82, 2.24) is 10.2 Å². The van der Waals surface area contributed by atoms with Crippen molar-refractivity contribution in [1.29, 1.82) is 0 Å². The molecule has 0 aliphatic carbocycles. The van der Waals surface area contributed by atoms with E-state index >= 15 is 0 Å². The second kappa shape index (κ2) is 10.9. The van der Waals surface area contributed by atoms with Crippen LogP contribution in [0.3, 0.4) is 0 Å². The third-order valence-corrected chi connectivity index (χ3v) is 5.13. The van der Waals surface area contributed by atoms with E-state index in [1.165, 1.54) is 12.5 Å². The maximum absolute atomic E-state index is 12.4. The van der Waals surface area contributed by atoms with Crippen LogP contribution in [0.1, 0.15) is 36.1 Å². The van der Waals surface area contributed by atoms with Gasteiger partial charge in [-0.25, -0.2) is 0 Å². The van der Waals surface area contributed by atoms with Gasteiger partial charge in [-0.05, 0) is 18.1 Å². The molecule has 1 aliphatic heterocycles. The van der Waals surface area contributed by atoms with Crippen LogP contribution in [0.4, 0.5) is 0 Å². The fourth-order valence-corrected chi connectivity index (χ4v) is 3.57. The van der Waals surface area contributed by atoms with Gasteiger partial charge in [0.2, 0.25) is 5.91 Å².